The number of nitrogens with zero attached hydrogens (tertiary/aromatic N) is 3. The SMILES string of the molecule is Cc1cc(C)nc(SCC(=O)N/N=C\c2ccc(-c3ccccc3)o2)n1. The number of amides is 1. The number of benzene rings is 1. The van der Waals surface area contributed by atoms with Crippen LogP contribution in [0, 0.1) is 13.8 Å². The highest BCUT2D eigenvalue weighted by Crippen LogP contribution is 2.20. The van der Waals surface area contributed by atoms with E-state index in [-0.39, 0.29) is 11.7 Å². The molecule has 0 atom stereocenters. The number of aryl methyl sites for hydroxylation is 2. The molecule has 1 amide bonds. The summed E-state index contributed by atoms with van der Waals surface area (Å²) in [6.45, 7) is 3.80. The third kappa shape index (κ3) is 5.03. The van der Waals surface area contributed by atoms with Crippen LogP contribution in [0.1, 0.15) is 17.1 Å². The highest BCUT2D eigenvalue weighted by atomic mass is 32.2. The Morgan fingerprint density at radius 3 is 2.62 bits per heavy atom. The zero-order chi connectivity index (χ0) is 18.4. The van der Waals surface area contributed by atoms with E-state index in [0.29, 0.717) is 10.9 Å². The van der Waals surface area contributed by atoms with Gasteiger partial charge < -0.3 is 4.42 Å². The van der Waals surface area contributed by atoms with Crippen LogP contribution in [0.25, 0.3) is 11.3 Å². The van der Waals surface area contributed by atoms with Crippen molar-refractivity contribution in [2.24, 2.45) is 5.10 Å². The molecule has 132 valence electrons. The van der Waals surface area contributed by atoms with Gasteiger partial charge in [0, 0.05) is 17.0 Å². The number of rotatable bonds is 6. The molecule has 0 fully saturated rings. The Hall–Kier alpha value is -2.93. The molecule has 2 aromatic heterocycles. The van der Waals surface area contributed by atoms with E-state index in [2.05, 4.69) is 20.5 Å². The van der Waals surface area contributed by atoms with Crippen molar-refractivity contribution in [3.05, 3.63) is 65.7 Å². The quantitative estimate of drug-likeness (QED) is 0.312. The number of hydrogen-bond acceptors (Lipinski definition) is 6. The van der Waals surface area contributed by atoms with Gasteiger partial charge in [-0.3, -0.25) is 4.79 Å². The average molecular weight is 366 g/mol. The zero-order valence-electron chi connectivity index (χ0n) is 14.5. The zero-order valence-corrected chi connectivity index (χ0v) is 15.3. The second-order valence-corrected chi connectivity index (χ2v) is 6.53. The van der Waals surface area contributed by atoms with Crippen LogP contribution < -0.4 is 5.43 Å². The maximum Gasteiger partial charge on any atom is 0.250 e. The summed E-state index contributed by atoms with van der Waals surface area (Å²) < 4.78 is 5.68. The maximum atomic E-state index is 11.9. The number of aromatic nitrogens is 2. The Balaban J connectivity index is 1.50. The van der Waals surface area contributed by atoms with Crippen LogP contribution in [-0.4, -0.2) is 27.8 Å². The Morgan fingerprint density at radius 2 is 1.88 bits per heavy atom. The van der Waals surface area contributed by atoms with Gasteiger partial charge in [-0.15, -0.1) is 0 Å². The van der Waals surface area contributed by atoms with E-state index in [1.807, 2.05) is 56.3 Å². The molecule has 26 heavy (non-hydrogen) atoms. The molecule has 1 aromatic carbocycles. The van der Waals surface area contributed by atoms with Gasteiger partial charge in [-0.05, 0) is 32.0 Å². The van der Waals surface area contributed by atoms with E-state index >= 15 is 0 Å². The summed E-state index contributed by atoms with van der Waals surface area (Å²) in [5.74, 6) is 1.27. The topological polar surface area (TPSA) is 80.4 Å². The van der Waals surface area contributed by atoms with Gasteiger partial charge in [0.1, 0.15) is 11.5 Å². The Morgan fingerprint density at radius 1 is 1.15 bits per heavy atom. The maximum absolute atomic E-state index is 11.9. The first kappa shape index (κ1) is 17.9. The summed E-state index contributed by atoms with van der Waals surface area (Å²) in [6, 6.07) is 15.3. The molecule has 6 nitrogen and oxygen atoms in total. The minimum Gasteiger partial charge on any atom is -0.455 e. The second-order valence-electron chi connectivity index (χ2n) is 5.58. The van der Waals surface area contributed by atoms with Gasteiger partial charge in [-0.2, -0.15) is 5.10 Å². The molecule has 7 heteroatoms. The molecule has 0 saturated carbocycles. The van der Waals surface area contributed by atoms with E-state index in [9.17, 15) is 4.79 Å². The van der Waals surface area contributed by atoms with Crippen molar-refractivity contribution in [3.63, 3.8) is 0 Å². The average Bonchev–Trinajstić information content (AvgIpc) is 3.09. The normalized spacial score (nSPS) is 11.0. The van der Waals surface area contributed by atoms with Gasteiger partial charge in [0.25, 0.3) is 5.91 Å². The molecule has 0 radical (unpaired) electrons. The lowest BCUT2D eigenvalue weighted by atomic mass is 10.2. The van der Waals surface area contributed by atoms with Crippen molar-refractivity contribution >= 4 is 23.9 Å². The number of carbonyl (C=O) groups excluding carboxylic acids is 1. The lowest BCUT2D eigenvalue weighted by molar-refractivity contribution is -0.118. The van der Waals surface area contributed by atoms with E-state index in [1.54, 1.807) is 6.07 Å². The molecular formula is C19H18N4O2S. The molecule has 0 unspecified atom stereocenters. The molecule has 0 aliphatic rings. The van der Waals surface area contributed by atoms with Crippen molar-refractivity contribution < 1.29 is 9.21 Å². The van der Waals surface area contributed by atoms with Crippen LogP contribution in [-0.2, 0) is 4.79 Å². The molecule has 0 spiro atoms. The van der Waals surface area contributed by atoms with Gasteiger partial charge in [0.05, 0.1) is 12.0 Å². The van der Waals surface area contributed by atoms with Crippen LogP contribution in [0.15, 0.2) is 63.2 Å². The summed E-state index contributed by atoms with van der Waals surface area (Å²) in [5, 5.41) is 4.51. The van der Waals surface area contributed by atoms with Crippen molar-refractivity contribution in [1.29, 1.82) is 0 Å². The van der Waals surface area contributed by atoms with Gasteiger partial charge in [0.15, 0.2) is 5.16 Å². The lowest BCUT2D eigenvalue weighted by Gasteiger charge is -2.02. The summed E-state index contributed by atoms with van der Waals surface area (Å²) >= 11 is 1.27. The summed E-state index contributed by atoms with van der Waals surface area (Å²) in [5.41, 5.74) is 5.22. The van der Waals surface area contributed by atoms with E-state index in [1.165, 1.54) is 18.0 Å². The number of hydrogen-bond donors (Lipinski definition) is 1. The molecule has 3 aromatic rings. The van der Waals surface area contributed by atoms with Crippen molar-refractivity contribution in [1.82, 2.24) is 15.4 Å². The van der Waals surface area contributed by atoms with Gasteiger partial charge in [0.2, 0.25) is 0 Å². The number of nitrogens with one attached hydrogen (secondary N) is 1. The largest absolute Gasteiger partial charge is 0.455 e. The predicted octanol–water partition coefficient (Wildman–Crippen LogP) is 3.60. The molecule has 0 saturated heterocycles. The number of furan rings is 1. The molecule has 0 aliphatic heterocycles. The molecule has 3 rings (SSSR count). The number of thioether (sulfide) groups is 1. The minimum atomic E-state index is -0.233. The highest BCUT2D eigenvalue weighted by Gasteiger charge is 2.06. The first-order valence-corrected chi connectivity index (χ1v) is 9.01. The number of hydrazone groups is 1. The van der Waals surface area contributed by atoms with E-state index < -0.39 is 0 Å². The summed E-state index contributed by atoms with van der Waals surface area (Å²) in [7, 11) is 0. The van der Waals surface area contributed by atoms with Crippen molar-refractivity contribution in [2.75, 3.05) is 5.75 Å². The summed E-state index contributed by atoms with van der Waals surface area (Å²) in [6.07, 6.45) is 1.47. The van der Waals surface area contributed by atoms with Crippen LogP contribution in [0.3, 0.4) is 0 Å². The minimum absolute atomic E-state index is 0.188. The van der Waals surface area contributed by atoms with Crippen molar-refractivity contribution in [3.8, 4) is 11.3 Å². The first-order chi connectivity index (χ1) is 12.6. The van der Waals surface area contributed by atoms with Gasteiger partial charge in [-0.1, -0.05) is 42.1 Å². The Labute approximate surface area is 155 Å². The Kier molecular flexibility index (Phi) is 5.80. The fourth-order valence-electron chi connectivity index (χ4n) is 2.27. The highest BCUT2D eigenvalue weighted by molar-refractivity contribution is 7.99. The van der Waals surface area contributed by atoms with Crippen LogP contribution in [0.5, 0.6) is 0 Å². The fraction of sp³-hybridized carbons (Fsp3) is 0.158. The van der Waals surface area contributed by atoms with E-state index in [4.69, 9.17) is 4.42 Å². The van der Waals surface area contributed by atoms with Gasteiger partial charge >= 0.3 is 0 Å². The first-order valence-electron chi connectivity index (χ1n) is 8.02. The van der Waals surface area contributed by atoms with E-state index in [0.717, 1.165) is 22.7 Å². The second kappa shape index (κ2) is 8.44. The smallest absolute Gasteiger partial charge is 0.250 e. The third-order valence-electron chi connectivity index (χ3n) is 3.36. The molecule has 1 N–H and O–H groups in total. The fourth-order valence-corrected chi connectivity index (χ4v) is 3.01. The molecule has 0 aliphatic carbocycles. The van der Waals surface area contributed by atoms with Crippen molar-refractivity contribution in [2.45, 2.75) is 19.0 Å². The van der Waals surface area contributed by atoms with Gasteiger partial charge in [-0.25, -0.2) is 15.4 Å². The van der Waals surface area contributed by atoms with Crippen LogP contribution in [0.2, 0.25) is 0 Å². The number of carbonyl (C=O) groups is 1. The lowest BCUT2D eigenvalue weighted by Crippen LogP contribution is -2.19. The molecule has 0 bridgehead atoms. The van der Waals surface area contributed by atoms with Crippen LogP contribution in [0.4, 0.5) is 0 Å². The summed E-state index contributed by atoms with van der Waals surface area (Å²) in [4.78, 5) is 20.4. The standard InChI is InChI=1S/C19H18N4O2S/c1-13-10-14(2)22-19(21-13)26-12-18(24)23-20-11-16-8-9-17(25-16)15-6-4-3-5-7-15/h3-11H,12H2,1-2H3,(H,23,24)/b20-11-. The monoisotopic (exact) mass is 366 g/mol. The molecule has 2 heterocycles. The molecular weight excluding hydrogens is 348 g/mol. The Bertz CT molecular complexity index is 902. The van der Waals surface area contributed by atoms with Crippen LogP contribution >= 0.6 is 11.8 Å². The third-order valence-corrected chi connectivity index (χ3v) is 4.21. The predicted molar refractivity (Wildman–Crippen MR) is 102 cm³/mol.